The number of rotatable bonds is 9. The molecule has 0 aromatic carbocycles. The highest BCUT2D eigenvalue weighted by Gasteiger charge is 2.18. The number of nitrogen functional groups attached to an aromatic ring is 1. The molecule has 0 aliphatic heterocycles. The molecule has 3 N–H and O–H groups in total. The third-order valence-corrected chi connectivity index (χ3v) is 2.17. The highest BCUT2D eigenvalue weighted by atomic mass is 16.6. The number of hydrogen-bond donors (Lipinski definition) is 2. The minimum absolute atomic E-state index is 0.0486. The molecule has 0 saturated heterocycles. The fourth-order valence-corrected chi connectivity index (χ4v) is 1.21. The first-order valence-electron chi connectivity index (χ1n) is 5.87. The first kappa shape index (κ1) is 15.1. The Morgan fingerprint density at radius 2 is 2.26 bits per heavy atom. The van der Waals surface area contributed by atoms with E-state index in [1.165, 1.54) is 0 Å². The van der Waals surface area contributed by atoms with Gasteiger partial charge in [0.05, 0.1) is 11.5 Å². The van der Waals surface area contributed by atoms with Crippen molar-refractivity contribution < 1.29 is 14.4 Å². The molecule has 0 radical (unpaired) electrons. The Hall–Kier alpha value is -2.00. The van der Waals surface area contributed by atoms with E-state index in [4.69, 9.17) is 15.3 Å². The highest BCUT2D eigenvalue weighted by molar-refractivity contribution is 5.42. The minimum atomic E-state index is -0.617. The number of nitrogens with zero attached hydrogens (tertiary/aromatic N) is 3. The summed E-state index contributed by atoms with van der Waals surface area (Å²) in [6.07, 6.45) is 3.05. The molecular weight excluding hydrogens is 254 g/mol. The Morgan fingerprint density at radius 1 is 1.47 bits per heavy atom. The van der Waals surface area contributed by atoms with E-state index >= 15 is 0 Å². The average Bonchev–Trinajstić information content (AvgIpc) is 2.42. The molecule has 0 saturated carbocycles. The third-order valence-electron chi connectivity index (χ3n) is 2.17. The van der Waals surface area contributed by atoms with Crippen molar-refractivity contribution in [2.75, 3.05) is 25.2 Å². The molecule has 106 valence electrons. The van der Waals surface area contributed by atoms with Gasteiger partial charge in [0.15, 0.2) is 0 Å². The minimum Gasteiger partial charge on any atom is -0.470 e. The van der Waals surface area contributed by atoms with Gasteiger partial charge >= 0.3 is 5.69 Å². The maximum atomic E-state index is 10.8. The molecular formula is C10H17N5O4. The second kappa shape index (κ2) is 8.16. The van der Waals surface area contributed by atoms with E-state index in [-0.39, 0.29) is 24.1 Å². The van der Waals surface area contributed by atoms with Gasteiger partial charge in [-0.3, -0.25) is 15.5 Å². The van der Waals surface area contributed by atoms with Gasteiger partial charge in [-0.1, -0.05) is 13.3 Å². The fourth-order valence-electron chi connectivity index (χ4n) is 1.21. The second-order valence-corrected chi connectivity index (χ2v) is 3.60. The molecule has 0 aliphatic rings. The van der Waals surface area contributed by atoms with Gasteiger partial charge in [-0.15, -0.1) is 0 Å². The zero-order chi connectivity index (χ0) is 14.1. The van der Waals surface area contributed by atoms with Crippen molar-refractivity contribution in [2.45, 2.75) is 19.8 Å². The van der Waals surface area contributed by atoms with Gasteiger partial charge in [-0.05, 0) is 6.42 Å². The standard InChI is InChI=1S/C10H17N5O4/c1-2-3-4-18-5-6-19-9-8(15(16)17)7-12-10(13-9)14-11/h7H,2-6,11H2,1H3,(H,12,13,14). The molecule has 0 bridgehead atoms. The van der Waals surface area contributed by atoms with Crippen LogP contribution >= 0.6 is 0 Å². The van der Waals surface area contributed by atoms with Crippen LogP contribution < -0.4 is 16.0 Å². The average molecular weight is 271 g/mol. The predicted octanol–water partition coefficient (Wildman–Crippen LogP) is 0.866. The lowest BCUT2D eigenvalue weighted by Gasteiger charge is -2.07. The molecule has 0 spiro atoms. The van der Waals surface area contributed by atoms with Crippen molar-refractivity contribution in [1.29, 1.82) is 0 Å². The van der Waals surface area contributed by atoms with E-state index in [2.05, 4.69) is 22.3 Å². The molecule has 1 rings (SSSR count). The number of nitrogens with two attached hydrogens (primary N) is 1. The van der Waals surface area contributed by atoms with Gasteiger partial charge in [-0.2, -0.15) is 4.98 Å². The summed E-state index contributed by atoms with van der Waals surface area (Å²) in [4.78, 5) is 17.6. The largest absolute Gasteiger partial charge is 0.470 e. The van der Waals surface area contributed by atoms with E-state index in [1.807, 2.05) is 0 Å². The lowest BCUT2D eigenvalue weighted by molar-refractivity contribution is -0.386. The van der Waals surface area contributed by atoms with Crippen LogP contribution in [0.3, 0.4) is 0 Å². The summed E-state index contributed by atoms with van der Waals surface area (Å²) < 4.78 is 10.5. The first-order valence-corrected chi connectivity index (χ1v) is 5.87. The summed E-state index contributed by atoms with van der Waals surface area (Å²) >= 11 is 0. The molecule has 1 aromatic rings. The zero-order valence-corrected chi connectivity index (χ0v) is 10.7. The zero-order valence-electron chi connectivity index (χ0n) is 10.7. The van der Waals surface area contributed by atoms with Gasteiger partial charge in [0.1, 0.15) is 12.8 Å². The van der Waals surface area contributed by atoms with E-state index in [1.54, 1.807) is 0 Å². The third kappa shape index (κ3) is 5.02. The van der Waals surface area contributed by atoms with Crippen molar-refractivity contribution in [1.82, 2.24) is 9.97 Å². The monoisotopic (exact) mass is 271 g/mol. The van der Waals surface area contributed by atoms with Gasteiger partial charge < -0.3 is 9.47 Å². The molecule has 1 heterocycles. The van der Waals surface area contributed by atoms with Gasteiger partial charge in [0, 0.05) is 6.61 Å². The highest BCUT2D eigenvalue weighted by Crippen LogP contribution is 2.23. The number of hydrogen-bond acceptors (Lipinski definition) is 8. The molecule has 0 amide bonds. The topological polar surface area (TPSA) is 125 Å². The van der Waals surface area contributed by atoms with Crippen molar-refractivity contribution in [3.05, 3.63) is 16.3 Å². The number of ether oxygens (including phenoxy) is 2. The van der Waals surface area contributed by atoms with Crippen LogP contribution in [-0.4, -0.2) is 34.7 Å². The molecule has 0 atom stereocenters. The number of anilines is 1. The Kier molecular flexibility index (Phi) is 6.47. The summed E-state index contributed by atoms with van der Waals surface area (Å²) in [7, 11) is 0. The van der Waals surface area contributed by atoms with Crippen molar-refractivity contribution in [2.24, 2.45) is 5.84 Å². The molecule has 0 aliphatic carbocycles. The number of aromatic nitrogens is 2. The number of hydrazine groups is 1. The molecule has 0 fully saturated rings. The van der Waals surface area contributed by atoms with Crippen LogP contribution in [0.15, 0.2) is 6.20 Å². The maximum absolute atomic E-state index is 10.8. The Morgan fingerprint density at radius 3 is 2.89 bits per heavy atom. The Bertz CT molecular complexity index is 415. The summed E-state index contributed by atoms with van der Waals surface area (Å²) in [6, 6.07) is 0. The van der Waals surface area contributed by atoms with E-state index in [9.17, 15) is 10.1 Å². The summed E-state index contributed by atoms with van der Waals surface area (Å²) in [5, 5.41) is 10.8. The lowest BCUT2D eigenvalue weighted by atomic mass is 10.4. The van der Waals surface area contributed by atoms with Crippen LogP contribution in [0.4, 0.5) is 11.6 Å². The van der Waals surface area contributed by atoms with E-state index in [0.29, 0.717) is 13.2 Å². The Labute approximate surface area is 110 Å². The Balaban J connectivity index is 2.52. The molecule has 1 aromatic heterocycles. The molecule has 9 heteroatoms. The van der Waals surface area contributed by atoms with Crippen LogP contribution in [0.5, 0.6) is 5.88 Å². The smallest absolute Gasteiger partial charge is 0.349 e. The summed E-state index contributed by atoms with van der Waals surface area (Å²) in [5.41, 5.74) is 1.88. The number of nitro groups is 1. The molecule has 9 nitrogen and oxygen atoms in total. The normalized spacial score (nSPS) is 10.2. The van der Waals surface area contributed by atoms with Crippen LogP contribution in [0.1, 0.15) is 19.8 Å². The van der Waals surface area contributed by atoms with E-state index < -0.39 is 4.92 Å². The maximum Gasteiger partial charge on any atom is 0.349 e. The van der Waals surface area contributed by atoms with E-state index in [0.717, 1.165) is 19.0 Å². The quantitative estimate of drug-likeness (QED) is 0.293. The number of unbranched alkanes of at least 4 members (excludes halogenated alkanes) is 1. The second-order valence-electron chi connectivity index (χ2n) is 3.60. The lowest BCUT2D eigenvalue weighted by Crippen LogP contribution is -2.13. The van der Waals surface area contributed by atoms with Gasteiger partial charge in [0.2, 0.25) is 5.95 Å². The van der Waals surface area contributed by atoms with Gasteiger partial charge in [0.25, 0.3) is 5.88 Å². The molecule has 19 heavy (non-hydrogen) atoms. The van der Waals surface area contributed by atoms with Crippen LogP contribution in [0.25, 0.3) is 0 Å². The predicted molar refractivity (Wildman–Crippen MR) is 67.7 cm³/mol. The van der Waals surface area contributed by atoms with Crippen molar-refractivity contribution in [3.8, 4) is 5.88 Å². The SMILES string of the molecule is CCCCOCCOc1nc(NN)ncc1[N+](=O)[O-]. The van der Waals surface area contributed by atoms with Gasteiger partial charge in [-0.25, -0.2) is 10.8 Å². The molecule has 0 unspecified atom stereocenters. The fraction of sp³-hybridized carbons (Fsp3) is 0.600. The van der Waals surface area contributed by atoms with Crippen LogP contribution in [0.2, 0.25) is 0 Å². The summed E-state index contributed by atoms with van der Waals surface area (Å²) in [5.74, 6) is 5.05. The van der Waals surface area contributed by atoms with Crippen molar-refractivity contribution >= 4 is 11.6 Å². The van der Waals surface area contributed by atoms with Crippen LogP contribution in [0, 0.1) is 10.1 Å². The first-order chi connectivity index (χ1) is 9.19. The van der Waals surface area contributed by atoms with Crippen LogP contribution in [-0.2, 0) is 4.74 Å². The van der Waals surface area contributed by atoms with Crippen molar-refractivity contribution in [3.63, 3.8) is 0 Å². The summed E-state index contributed by atoms with van der Waals surface area (Å²) in [6.45, 7) is 3.21. The number of nitrogens with one attached hydrogen (secondary N) is 1.